The molecule has 0 N–H and O–H groups in total. The van der Waals surface area contributed by atoms with Crippen LogP contribution >= 0.6 is 0 Å². The predicted octanol–water partition coefficient (Wildman–Crippen LogP) is 3.20. The van der Waals surface area contributed by atoms with Crippen LogP contribution in [0.3, 0.4) is 0 Å². The summed E-state index contributed by atoms with van der Waals surface area (Å²) in [5.41, 5.74) is -0.0248. The van der Waals surface area contributed by atoms with E-state index in [1.54, 1.807) is 36.3 Å². The average molecular weight is 355 g/mol. The lowest BCUT2D eigenvalue weighted by Crippen LogP contribution is -2.34. The van der Waals surface area contributed by atoms with Crippen LogP contribution < -0.4 is 15.1 Å². The van der Waals surface area contributed by atoms with Crippen molar-refractivity contribution in [3.63, 3.8) is 0 Å². The van der Waals surface area contributed by atoms with Crippen LogP contribution in [-0.4, -0.2) is 37.6 Å². The summed E-state index contributed by atoms with van der Waals surface area (Å²) in [6.45, 7) is 5.07. The highest BCUT2D eigenvalue weighted by molar-refractivity contribution is 6.04. The molecule has 1 aromatic heterocycles. The third-order valence-electron chi connectivity index (χ3n) is 4.37. The Morgan fingerprint density at radius 1 is 1.00 bits per heavy atom. The second-order valence-electron chi connectivity index (χ2n) is 5.81. The number of hydrogen-bond acceptors (Lipinski definition) is 5. The lowest BCUT2D eigenvalue weighted by atomic mass is 10.1. The molecule has 0 saturated carbocycles. The minimum absolute atomic E-state index is 0.0534. The van der Waals surface area contributed by atoms with Crippen LogP contribution in [0.15, 0.2) is 45.6 Å². The standard InChI is InChI=1S/C20H21NO5/c1-4-21(5-2)19(22)12-25-14-7-9-16-15-8-6-13(24-3)10-17(15)20(23)26-18(16)11-14/h6-11H,4-5,12H2,1-3H3. The van der Waals surface area contributed by atoms with Gasteiger partial charge in [0.1, 0.15) is 17.1 Å². The van der Waals surface area contributed by atoms with E-state index in [1.165, 1.54) is 0 Å². The SMILES string of the molecule is CCN(CC)C(=O)COc1ccc2c(c1)oc(=O)c1cc(OC)ccc12. The van der Waals surface area contributed by atoms with E-state index in [4.69, 9.17) is 13.9 Å². The molecule has 0 atom stereocenters. The van der Waals surface area contributed by atoms with Crippen LogP contribution in [0.4, 0.5) is 0 Å². The molecule has 0 aliphatic heterocycles. The summed E-state index contributed by atoms with van der Waals surface area (Å²) >= 11 is 0. The summed E-state index contributed by atoms with van der Waals surface area (Å²) in [7, 11) is 1.55. The van der Waals surface area contributed by atoms with Gasteiger partial charge in [-0.2, -0.15) is 0 Å². The van der Waals surface area contributed by atoms with E-state index in [9.17, 15) is 9.59 Å². The molecule has 6 nitrogen and oxygen atoms in total. The molecule has 2 aromatic carbocycles. The number of likely N-dealkylation sites (N-methyl/N-ethyl adjacent to an activating group) is 1. The Hall–Kier alpha value is -3.02. The summed E-state index contributed by atoms with van der Waals surface area (Å²) in [5.74, 6) is 0.996. The fourth-order valence-corrected chi connectivity index (χ4v) is 2.92. The first kappa shape index (κ1) is 17.8. The number of carbonyl (C=O) groups is 1. The Labute approximate surface area is 150 Å². The van der Waals surface area contributed by atoms with Crippen molar-refractivity contribution in [1.29, 1.82) is 0 Å². The molecule has 3 rings (SSSR count). The number of ether oxygens (including phenoxy) is 2. The molecule has 0 aliphatic rings. The van der Waals surface area contributed by atoms with E-state index < -0.39 is 5.63 Å². The number of rotatable bonds is 6. The van der Waals surface area contributed by atoms with Crippen LogP contribution in [0, 0.1) is 0 Å². The van der Waals surface area contributed by atoms with Crippen LogP contribution in [0.2, 0.25) is 0 Å². The first-order valence-electron chi connectivity index (χ1n) is 8.52. The Bertz CT molecular complexity index is 1000. The fourth-order valence-electron chi connectivity index (χ4n) is 2.92. The Morgan fingerprint density at radius 3 is 2.38 bits per heavy atom. The molecule has 3 aromatic rings. The predicted molar refractivity (Wildman–Crippen MR) is 100.0 cm³/mol. The van der Waals surface area contributed by atoms with Crippen LogP contribution in [0.5, 0.6) is 11.5 Å². The minimum Gasteiger partial charge on any atom is -0.497 e. The molecule has 0 saturated heterocycles. The highest BCUT2D eigenvalue weighted by Crippen LogP contribution is 2.28. The molecule has 136 valence electrons. The number of hydrogen-bond donors (Lipinski definition) is 0. The quantitative estimate of drug-likeness (QED) is 0.502. The number of fused-ring (bicyclic) bond motifs is 3. The lowest BCUT2D eigenvalue weighted by molar-refractivity contribution is -0.132. The molecule has 6 heteroatoms. The van der Waals surface area contributed by atoms with E-state index >= 15 is 0 Å². The van der Waals surface area contributed by atoms with Gasteiger partial charge in [-0.25, -0.2) is 4.79 Å². The Morgan fingerprint density at radius 2 is 1.69 bits per heavy atom. The van der Waals surface area contributed by atoms with Gasteiger partial charge in [-0.1, -0.05) is 0 Å². The lowest BCUT2D eigenvalue weighted by Gasteiger charge is -2.18. The van der Waals surface area contributed by atoms with Gasteiger partial charge in [0.05, 0.1) is 12.5 Å². The van der Waals surface area contributed by atoms with E-state index in [0.29, 0.717) is 35.6 Å². The zero-order chi connectivity index (χ0) is 18.7. The van der Waals surface area contributed by atoms with Crippen molar-refractivity contribution in [2.24, 2.45) is 0 Å². The topological polar surface area (TPSA) is 69.0 Å². The third kappa shape index (κ3) is 3.35. The maximum absolute atomic E-state index is 12.3. The summed E-state index contributed by atoms with van der Waals surface area (Å²) in [6.07, 6.45) is 0. The Balaban J connectivity index is 1.93. The van der Waals surface area contributed by atoms with Gasteiger partial charge in [-0.05, 0) is 44.2 Å². The highest BCUT2D eigenvalue weighted by Gasteiger charge is 2.12. The minimum atomic E-state index is -0.442. The third-order valence-corrected chi connectivity index (χ3v) is 4.37. The van der Waals surface area contributed by atoms with Crippen molar-refractivity contribution >= 4 is 27.6 Å². The van der Waals surface area contributed by atoms with Gasteiger partial charge in [0, 0.05) is 29.9 Å². The molecular weight excluding hydrogens is 334 g/mol. The monoisotopic (exact) mass is 355 g/mol. The first-order valence-corrected chi connectivity index (χ1v) is 8.52. The number of benzene rings is 2. The summed E-state index contributed by atoms with van der Waals surface area (Å²) < 4.78 is 16.2. The van der Waals surface area contributed by atoms with Crippen molar-refractivity contribution in [1.82, 2.24) is 4.90 Å². The molecule has 0 fully saturated rings. The van der Waals surface area contributed by atoms with E-state index in [2.05, 4.69) is 0 Å². The fraction of sp³-hybridized carbons (Fsp3) is 0.300. The molecular formula is C20H21NO5. The zero-order valence-corrected chi connectivity index (χ0v) is 15.1. The largest absolute Gasteiger partial charge is 0.497 e. The molecule has 0 radical (unpaired) electrons. The van der Waals surface area contributed by atoms with E-state index in [0.717, 1.165) is 10.8 Å². The van der Waals surface area contributed by atoms with Crippen molar-refractivity contribution in [2.45, 2.75) is 13.8 Å². The number of carbonyl (C=O) groups excluding carboxylic acids is 1. The van der Waals surface area contributed by atoms with Gasteiger partial charge in [-0.3, -0.25) is 4.79 Å². The van der Waals surface area contributed by atoms with Crippen LogP contribution in [-0.2, 0) is 4.79 Å². The van der Waals surface area contributed by atoms with Crippen molar-refractivity contribution in [2.75, 3.05) is 26.8 Å². The number of amides is 1. The summed E-state index contributed by atoms with van der Waals surface area (Å²) in [5, 5.41) is 2.04. The molecule has 0 aliphatic carbocycles. The van der Waals surface area contributed by atoms with Gasteiger partial charge in [0.15, 0.2) is 6.61 Å². The molecule has 0 spiro atoms. The van der Waals surface area contributed by atoms with Crippen molar-refractivity contribution in [3.8, 4) is 11.5 Å². The molecule has 26 heavy (non-hydrogen) atoms. The first-order chi connectivity index (χ1) is 12.6. The maximum Gasteiger partial charge on any atom is 0.344 e. The van der Waals surface area contributed by atoms with Gasteiger partial charge < -0.3 is 18.8 Å². The van der Waals surface area contributed by atoms with Crippen LogP contribution in [0.25, 0.3) is 21.7 Å². The van der Waals surface area contributed by atoms with E-state index in [1.807, 2.05) is 26.0 Å². The Kier molecular flexibility index (Phi) is 5.11. The second kappa shape index (κ2) is 7.47. The van der Waals surface area contributed by atoms with Gasteiger partial charge in [0.25, 0.3) is 5.91 Å². The molecule has 0 bridgehead atoms. The zero-order valence-electron chi connectivity index (χ0n) is 15.1. The van der Waals surface area contributed by atoms with Crippen molar-refractivity contribution < 1.29 is 18.7 Å². The average Bonchev–Trinajstić information content (AvgIpc) is 2.67. The van der Waals surface area contributed by atoms with Crippen LogP contribution in [0.1, 0.15) is 13.8 Å². The van der Waals surface area contributed by atoms with E-state index in [-0.39, 0.29) is 12.5 Å². The summed E-state index contributed by atoms with van der Waals surface area (Å²) in [4.78, 5) is 26.0. The van der Waals surface area contributed by atoms with Gasteiger partial charge in [-0.15, -0.1) is 0 Å². The normalized spacial score (nSPS) is 10.9. The molecule has 0 unspecified atom stereocenters. The van der Waals surface area contributed by atoms with Gasteiger partial charge in [0.2, 0.25) is 0 Å². The molecule has 1 amide bonds. The smallest absolute Gasteiger partial charge is 0.344 e. The second-order valence-corrected chi connectivity index (χ2v) is 5.81. The maximum atomic E-state index is 12.3. The molecule has 1 heterocycles. The summed E-state index contributed by atoms with van der Waals surface area (Å²) in [6, 6.07) is 10.5. The van der Waals surface area contributed by atoms with Gasteiger partial charge >= 0.3 is 5.63 Å². The number of nitrogens with zero attached hydrogens (tertiary/aromatic N) is 1. The van der Waals surface area contributed by atoms with Crippen molar-refractivity contribution in [3.05, 3.63) is 46.8 Å². The number of methoxy groups -OCH3 is 1. The highest BCUT2D eigenvalue weighted by atomic mass is 16.5.